The van der Waals surface area contributed by atoms with E-state index in [0.717, 1.165) is 11.3 Å². The van der Waals surface area contributed by atoms with Crippen LogP contribution in [-0.2, 0) is 0 Å². The highest BCUT2D eigenvalue weighted by atomic mass is 127. The predicted molar refractivity (Wildman–Crippen MR) is 70.6 cm³/mol. The Morgan fingerprint density at radius 3 is 2.93 bits per heavy atom. The zero-order valence-electron chi connectivity index (χ0n) is 8.31. The van der Waals surface area contributed by atoms with Crippen LogP contribution in [0, 0.1) is 3.57 Å². The summed E-state index contributed by atoms with van der Waals surface area (Å²) >= 11 is 2.32. The molecule has 74 valence electrons. The van der Waals surface area contributed by atoms with E-state index in [1.54, 1.807) is 6.20 Å². The minimum atomic E-state index is 0.969. The van der Waals surface area contributed by atoms with Crippen molar-refractivity contribution >= 4 is 34.2 Å². The Morgan fingerprint density at radius 1 is 1.33 bits per heavy atom. The Hall–Kier alpha value is -1.19. The molecule has 0 saturated heterocycles. The van der Waals surface area contributed by atoms with Crippen molar-refractivity contribution in [2.45, 2.75) is 0 Å². The van der Waals surface area contributed by atoms with Crippen molar-refractivity contribution < 1.29 is 4.58 Å². The Balaban J connectivity index is 2.44. The third-order valence-electron chi connectivity index (χ3n) is 2.07. The molecule has 0 aromatic heterocycles. The fourth-order valence-electron chi connectivity index (χ4n) is 1.29. The van der Waals surface area contributed by atoms with Crippen LogP contribution in [0.15, 0.2) is 47.7 Å². The quantitative estimate of drug-likeness (QED) is 0.559. The lowest BCUT2D eigenvalue weighted by atomic mass is 10.1. The second-order valence-electron chi connectivity index (χ2n) is 3.18. The van der Waals surface area contributed by atoms with Crippen LogP contribution in [0.4, 0.5) is 0 Å². The molecule has 1 aliphatic heterocycles. The smallest absolute Gasteiger partial charge is 0.193 e. The zero-order chi connectivity index (χ0) is 10.7. The highest BCUT2D eigenvalue weighted by Crippen LogP contribution is 2.13. The van der Waals surface area contributed by atoms with Crippen molar-refractivity contribution in [2.24, 2.45) is 4.99 Å². The molecule has 0 N–H and O–H groups in total. The lowest BCUT2D eigenvalue weighted by molar-refractivity contribution is -0.413. The molecule has 1 aromatic carbocycles. The van der Waals surface area contributed by atoms with E-state index >= 15 is 0 Å². The number of halogens is 1. The molecule has 0 spiro atoms. The monoisotopic (exact) mass is 309 g/mol. The van der Waals surface area contributed by atoms with Gasteiger partial charge in [0.1, 0.15) is 13.2 Å². The van der Waals surface area contributed by atoms with E-state index < -0.39 is 0 Å². The maximum atomic E-state index is 4.35. The van der Waals surface area contributed by atoms with Gasteiger partial charge in [-0.25, -0.2) is 4.99 Å². The Morgan fingerprint density at radius 2 is 2.13 bits per heavy atom. The second kappa shape index (κ2) is 4.55. The highest BCUT2D eigenvalue weighted by Gasteiger charge is 2.05. The van der Waals surface area contributed by atoms with Crippen LogP contribution in [0.2, 0.25) is 0 Å². The molecule has 1 aliphatic rings. The molecule has 1 heterocycles. The van der Waals surface area contributed by atoms with E-state index in [1.165, 1.54) is 3.57 Å². The third-order valence-corrected chi connectivity index (χ3v) is 3.01. The normalized spacial score (nSPS) is 14.5. The Labute approximate surface area is 102 Å². The maximum absolute atomic E-state index is 4.35. The van der Waals surface area contributed by atoms with Crippen LogP contribution in [0.3, 0.4) is 0 Å². The summed E-state index contributed by atoms with van der Waals surface area (Å²) in [5, 5.41) is 0. The first kappa shape index (κ1) is 10.3. The van der Waals surface area contributed by atoms with E-state index in [9.17, 15) is 0 Å². The summed E-state index contributed by atoms with van der Waals surface area (Å²) in [5.74, 6) is 3.00. The fraction of sp³-hybridized carbons (Fsp3) is 0.0833. The van der Waals surface area contributed by atoms with Crippen LogP contribution in [0.1, 0.15) is 5.56 Å². The topological polar surface area (TPSA) is 15.4 Å². The number of benzene rings is 1. The first-order valence-corrected chi connectivity index (χ1v) is 5.67. The largest absolute Gasteiger partial charge is 0.241 e. The van der Waals surface area contributed by atoms with Gasteiger partial charge in [0.25, 0.3) is 0 Å². The predicted octanol–water partition coefficient (Wildman–Crippen LogP) is 2.43. The van der Waals surface area contributed by atoms with E-state index in [1.807, 2.05) is 36.0 Å². The fourth-order valence-corrected chi connectivity index (χ4v) is 1.95. The number of aliphatic imine (C=N–C) groups is 1. The molecule has 0 aliphatic carbocycles. The lowest BCUT2D eigenvalue weighted by Gasteiger charge is -2.01. The molecule has 0 fully saturated rings. The van der Waals surface area contributed by atoms with Crippen molar-refractivity contribution in [1.29, 1.82) is 0 Å². The van der Waals surface area contributed by atoms with Gasteiger partial charge in [0.05, 0.1) is 5.71 Å². The van der Waals surface area contributed by atoms with Gasteiger partial charge in [0.15, 0.2) is 12.1 Å². The minimum Gasteiger partial charge on any atom is -0.241 e. The Bertz CT molecular complexity index is 506. The molecule has 3 heteroatoms. The molecule has 0 radical (unpaired) electrons. The number of hydrogen-bond donors (Lipinski definition) is 0. The number of hydrogen-bond acceptors (Lipinski definition) is 1. The van der Waals surface area contributed by atoms with Gasteiger partial charge in [0, 0.05) is 15.2 Å². The first-order valence-electron chi connectivity index (χ1n) is 4.59. The van der Waals surface area contributed by atoms with Gasteiger partial charge in [-0.2, -0.15) is 4.58 Å². The van der Waals surface area contributed by atoms with E-state index in [4.69, 9.17) is 0 Å². The van der Waals surface area contributed by atoms with Crippen molar-refractivity contribution in [3.63, 3.8) is 0 Å². The maximum Gasteiger partial charge on any atom is 0.193 e. The minimum absolute atomic E-state index is 0.969. The summed E-state index contributed by atoms with van der Waals surface area (Å²) in [6.07, 6.45) is 5.64. The molecule has 0 unspecified atom stereocenters. The average Bonchev–Trinajstić information content (AvgIpc) is 2.44. The summed E-state index contributed by atoms with van der Waals surface area (Å²) in [5.41, 5.74) is 2.12. The highest BCUT2D eigenvalue weighted by molar-refractivity contribution is 14.1. The van der Waals surface area contributed by atoms with Gasteiger partial charge in [-0.05, 0) is 28.7 Å². The molecule has 1 aromatic rings. The summed E-state index contributed by atoms with van der Waals surface area (Å²) in [4.78, 5) is 4.35. The van der Waals surface area contributed by atoms with Crippen molar-refractivity contribution in [2.75, 3.05) is 7.05 Å². The van der Waals surface area contributed by atoms with Crippen LogP contribution in [-0.4, -0.2) is 23.2 Å². The molecule has 0 amide bonds. The van der Waals surface area contributed by atoms with Crippen molar-refractivity contribution in [1.82, 2.24) is 0 Å². The van der Waals surface area contributed by atoms with E-state index in [0.29, 0.717) is 0 Å². The van der Waals surface area contributed by atoms with Crippen LogP contribution >= 0.6 is 22.6 Å². The SMILES string of the molecule is C[N+]1=C=CN=C(c2ccccc2I)C=C1. The lowest BCUT2D eigenvalue weighted by Crippen LogP contribution is -1.99. The summed E-state index contributed by atoms with van der Waals surface area (Å²) in [7, 11) is 1.93. The van der Waals surface area contributed by atoms with E-state index in [-0.39, 0.29) is 0 Å². The second-order valence-corrected chi connectivity index (χ2v) is 4.34. The van der Waals surface area contributed by atoms with Gasteiger partial charge < -0.3 is 0 Å². The molecule has 0 atom stereocenters. The molecule has 0 saturated carbocycles. The molecule has 2 nitrogen and oxygen atoms in total. The summed E-state index contributed by atoms with van der Waals surface area (Å²) in [6, 6.07) is 8.20. The summed E-state index contributed by atoms with van der Waals surface area (Å²) in [6.45, 7) is 0. The van der Waals surface area contributed by atoms with Crippen LogP contribution in [0.25, 0.3) is 0 Å². The third kappa shape index (κ3) is 2.43. The van der Waals surface area contributed by atoms with Gasteiger partial charge >= 0.3 is 0 Å². The molecular formula is C12H10IN2+. The van der Waals surface area contributed by atoms with Gasteiger partial charge in [-0.15, -0.1) is 0 Å². The molecule has 2 rings (SSSR count). The van der Waals surface area contributed by atoms with Gasteiger partial charge in [-0.3, -0.25) is 0 Å². The van der Waals surface area contributed by atoms with Gasteiger partial charge in [-0.1, -0.05) is 18.2 Å². The number of rotatable bonds is 1. The standard InChI is InChI=1S/C12H10IN2/c1-15-8-6-12(14-7-9-15)10-4-2-3-5-11(10)13/h2-8H,1H3/q+1. The zero-order valence-corrected chi connectivity index (χ0v) is 10.5. The van der Waals surface area contributed by atoms with Crippen LogP contribution in [0.5, 0.6) is 0 Å². The van der Waals surface area contributed by atoms with Crippen molar-refractivity contribution in [3.8, 4) is 0 Å². The number of allylic oxidation sites excluding steroid dienone is 1. The molecular weight excluding hydrogens is 299 g/mol. The number of nitrogens with zero attached hydrogens (tertiary/aromatic N) is 2. The summed E-state index contributed by atoms with van der Waals surface area (Å²) < 4.78 is 3.06. The van der Waals surface area contributed by atoms with E-state index in [2.05, 4.69) is 45.6 Å². The molecule has 15 heavy (non-hydrogen) atoms. The Kier molecular flexibility index (Phi) is 3.14. The van der Waals surface area contributed by atoms with Gasteiger partial charge in [0.2, 0.25) is 0 Å². The first-order chi connectivity index (χ1) is 7.27. The molecule has 0 bridgehead atoms. The van der Waals surface area contributed by atoms with Crippen molar-refractivity contribution in [3.05, 3.63) is 51.9 Å². The van der Waals surface area contributed by atoms with Crippen LogP contribution < -0.4 is 0 Å². The average molecular weight is 309 g/mol.